The number of hydrogen-bond donors (Lipinski definition) is 4. The van der Waals surface area contributed by atoms with Crippen LogP contribution >= 0.6 is 12.4 Å². The number of esters is 1. The van der Waals surface area contributed by atoms with Crippen LogP contribution in [0.25, 0.3) is 10.9 Å². The fraction of sp³-hybridized carbons (Fsp3) is 0.421. The van der Waals surface area contributed by atoms with Gasteiger partial charge in [0.1, 0.15) is 11.9 Å². The molecule has 2 amide bonds. The van der Waals surface area contributed by atoms with Crippen molar-refractivity contribution in [3.8, 4) is 0 Å². The number of aromatic amines is 1. The summed E-state index contributed by atoms with van der Waals surface area (Å²) in [6, 6.07) is 2.57. The number of ether oxygens (including phenoxy) is 1. The van der Waals surface area contributed by atoms with Gasteiger partial charge in [0.25, 0.3) is 0 Å². The Hall–Kier alpha value is -2.65. The van der Waals surface area contributed by atoms with Crippen LogP contribution in [0.1, 0.15) is 19.4 Å². The van der Waals surface area contributed by atoms with E-state index in [2.05, 4.69) is 15.6 Å². The van der Waals surface area contributed by atoms with Crippen LogP contribution in [0.15, 0.2) is 24.4 Å². The summed E-state index contributed by atoms with van der Waals surface area (Å²) >= 11 is 0. The lowest BCUT2D eigenvalue weighted by Crippen LogP contribution is -2.50. The fourth-order valence-electron chi connectivity index (χ4n) is 2.72. The minimum Gasteiger partial charge on any atom is -0.467 e. The van der Waals surface area contributed by atoms with Gasteiger partial charge in [-0.3, -0.25) is 9.59 Å². The smallest absolute Gasteiger partial charge is 0.328 e. The molecule has 0 saturated carbocycles. The zero-order valence-corrected chi connectivity index (χ0v) is 17.3. The van der Waals surface area contributed by atoms with Gasteiger partial charge in [-0.1, -0.05) is 13.8 Å². The Labute approximate surface area is 174 Å². The molecule has 2 aromatic rings. The van der Waals surface area contributed by atoms with Crippen LogP contribution in [-0.2, 0) is 25.5 Å². The number of hydrogen-bond acceptors (Lipinski definition) is 5. The van der Waals surface area contributed by atoms with E-state index in [1.165, 1.54) is 19.2 Å². The first kappa shape index (κ1) is 24.4. The van der Waals surface area contributed by atoms with Crippen molar-refractivity contribution in [1.82, 2.24) is 15.6 Å². The summed E-state index contributed by atoms with van der Waals surface area (Å²) in [5.41, 5.74) is 7.03. The summed E-state index contributed by atoms with van der Waals surface area (Å²) in [4.78, 5) is 39.0. The largest absolute Gasteiger partial charge is 0.467 e. The molecular weight excluding hydrogens is 403 g/mol. The second-order valence-electron chi connectivity index (χ2n) is 6.84. The van der Waals surface area contributed by atoms with Gasteiger partial charge in [0, 0.05) is 23.5 Å². The van der Waals surface area contributed by atoms with Gasteiger partial charge in [0.05, 0.1) is 19.7 Å². The number of carbonyl (C=O) groups is 3. The van der Waals surface area contributed by atoms with E-state index in [1.54, 1.807) is 26.1 Å². The van der Waals surface area contributed by atoms with Crippen LogP contribution in [0, 0.1) is 11.7 Å². The summed E-state index contributed by atoms with van der Waals surface area (Å²) in [6.45, 7) is 3.28. The molecule has 160 valence electrons. The van der Waals surface area contributed by atoms with Gasteiger partial charge in [-0.25, -0.2) is 9.18 Å². The first-order chi connectivity index (χ1) is 13.2. The Morgan fingerprint density at radius 2 is 1.97 bits per heavy atom. The number of fused-ring (bicyclic) bond motifs is 1. The quantitative estimate of drug-likeness (QED) is 0.467. The van der Waals surface area contributed by atoms with Crippen molar-refractivity contribution in [3.05, 3.63) is 35.8 Å². The maximum absolute atomic E-state index is 13.3. The molecule has 0 saturated heterocycles. The van der Waals surface area contributed by atoms with Crippen molar-refractivity contribution < 1.29 is 23.5 Å². The number of carbonyl (C=O) groups excluding carboxylic acids is 3. The third-order valence-electron chi connectivity index (χ3n) is 4.42. The molecule has 0 bridgehead atoms. The van der Waals surface area contributed by atoms with Gasteiger partial charge in [-0.2, -0.15) is 0 Å². The molecule has 8 nitrogen and oxygen atoms in total. The normalized spacial score (nSPS) is 12.8. The van der Waals surface area contributed by atoms with E-state index in [0.29, 0.717) is 5.52 Å². The maximum atomic E-state index is 13.3. The number of benzene rings is 1. The summed E-state index contributed by atoms with van der Waals surface area (Å²) in [5.74, 6) is -2.08. The van der Waals surface area contributed by atoms with Crippen LogP contribution in [-0.4, -0.2) is 48.5 Å². The molecule has 2 atom stereocenters. The lowest BCUT2D eigenvalue weighted by molar-refractivity contribution is -0.145. The number of halogens is 2. The highest BCUT2D eigenvalue weighted by atomic mass is 35.5. The minimum atomic E-state index is -0.961. The first-order valence-electron chi connectivity index (χ1n) is 8.89. The molecule has 1 unspecified atom stereocenters. The molecule has 0 fully saturated rings. The fourth-order valence-corrected chi connectivity index (χ4v) is 2.72. The number of H-pyrrole nitrogens is 1. The SMILES string of the molecule is COC(=O)C(Cc1c[nH]c2cc(F)ccc12)NC(=O)CNC(=O)[C@@H](N)C(C)C.Cl. The van der Waals surface area contributed by atoms with Crippen molar-refractivity contribution in [2.75, 3.05) is 13.7 Å². The van der Waals surface area contributed by atoms with Crippen molar-refractivity contribution in [2.24, 2.45) is 11.7 Å². The highest BCUT2D eigenvalue weighted by Gasteiger charge is 2.24. The minimum absolute atomic E-state index is 0. The molecule has 2 rings (SSSR count). The molecular formula is C19H26ClFN4O4. The Morgan fingerprint density at radius 1 is 1.28 bits per heavy atom. The van der Waals surface area contributed by atoms with Gasteiger partial charge in [-0.05, 0) is 29.7 Å². The second-order valence-corrected chi connectivity index (χ2v) is 6.84. The monoisotopic (exact) mass is 428 g/mol. The van der Waals surface area contributed by atoms with Crippen LogP contribution in [0.3, 0.4) is 0 Å². The average Bonchev–Trinajstić information content (AvgIpc) is 3.05. The van der Waals surface area contributed by atoms with Crippen LogP contribution in [0.5, 0.6) is 0 Å². The number of amides is 2. The van der Waals surface area contributed by atoms with E-state index in [9.17, 15) is 18.8 Å². The zero-order valence-electron chi connectivity index (χ0n) is 16.5. The lowest BCUT2D eigenvalue weighted by atomic mass is 10.0. The summed E-state index contributed by atoms with van der Waals surface area (Å²) < 4.78 is 18.1. The molecule has 0 spiro atoms. The van der Waals surface area contributed by atoms with Gasteiger partial charge in [0.2, 0.25) is 11.8 Å². The van der Waals surface area contributed by atoms with Gasteiger partial charge < -0.3 is 26.1 Å². The predicted molar refractivity (Wildman–Crippen MR) is 109 cm³/mol. The van der Waals surface area contributed by atoms with E-state index in [4.69, 9.17) is 10.5 Å². The molecule has 1 aromatic carbocycles. The molecule has 5 N–H and O–H groups in total. The Kier molecular flexibility index (Phi) is 9.06. The third kappa shape index (κ3) is 6.43. The Bertz CT molecular complexity index is 871. The summed E-state index contributed by atoms with van der Waals surface area (Å²) in [5, 5.41) is 5.73. The molecule has 0 radical (unpaired) electrons. The molecule has 10 heteroatoms. The lowest BCUT2D eigenvalue weighted by Gasteiger charge is -2.18. The number of methoxy groups -OCH3 is 1. The van der Waals surface area contributed by atoms with Crippen LogP contribution < -0.4 is 16.4 Å². The van der Waals surface area contributed by atoms with E-state index in [-0.39, 0.29) is 37.1 Å². The van der Waals surface area contributed by atoms with Gasteiger partial charge >= 0.3 is 5.97 Å². The maximum Gasteiger partial charge on any atom is 0.328 e. The van der Waals surface area contributed by atoms with E-state index in [0.717, 1.165) is 10.9 Å². The molecule has 0 aliphatic carbocycles. The molecule has 29 heavy (non-hydrogen) atoms. The first-order valence-corrected chi connectivity index (χ1v) is 8.89. The standard InChI is InChI=1S/C19H25FN4O4.ClH/c1-10(2)17(21)18(26)23-9-16(25)24-15(19(27)28-3)6-11-8-22-14-7-12(20)4-5-13(11)14;/h4-5,7-8,10,15,17,22H,6,9,21H2,1-3H3,(H,23,26)(H,24,25);1H/t15?,17-;/m0./s1. The number of nitrogens with two attached hydrogens (primary N) is 1. The van der Waals surface area contributed by atoms with Crippen LogP contribution in [0.2, 0.25) is 0 Å². The van der Waals surface area contributed by atoms with Crippen molar-refractivity contribution in [3.63, 3.8) is 0 Å². The average molecular weight is 429 g/mol. The van der Waals surface area contributed by atoms with Crippen molar-refractivity contribution >= 4 is 41.1 Å². The van der Waals surface area contributed by atoms with Crippen LogP contribution in [0.4, 0.5) is 4.39 Å². The molecule has 0 aliphatic heterocycles. The molecule has 1 heterocycles. The summed E-state index contributed by atoms with van der Waals surface area (Å²) in [7, 11) is 1.22. The van der Waals surface area contributed by atoms with Crippen molar-refractivity contribution in [1.29, 1.82) is 0 Å². The highest BCUT2D eigenvalue weighted by Crippen LogP contribution is 2.20. The molecule has 0 aliphatic rings. The third-order valence-corrected chi connectivity index (χ3v) is 4.42. The zero-order chi connectivity index (χ0) is 20.8. The predicted octanol–water partition coefficient (Wildman–Crippen LogP) is 1.03. The van der Waals surface area contributed by atoms with Crippen molar-refractivity contribution in [2.45, 2.75) is 32.4 Å². The van der Waals surface area contributed by atoms with E-state index in [1.807, 2.05) is 0 Å². The Morgan fingerprint density at radius 3 is 2.59 bits per heavy atom. The second kappa shape index (κ2) is 10.8. The molecule has 1 aromatic heterocycles. The van der Waals surface area contributed by atoms with E-state index < -0.39 is 29.9 Å². The highest BCUT2D eigenvalue weighted by molar-refractivity contribution is 5.90. The number of rotatable bonds is 8. The van der Waals surface area contributed by atoms with E-state index >= 15 is 0 Å². The van der Waals surface area contributed by atoms with Gasteiger partial charge in [-0.15, -0.1) is 12.4 Å². The summed E-state index contributed by atoms with van der Waals surface area (Å²) in [6.07, 6.45) is 1.79. The Balaban J connectivity index is 0.00000420. The number of nitrogens with one attached hydrogen (secondary N) is 3. The number of aromatic nitrogens is 1. The topological polar surface area (TPSA) is 126 Å². The van der Waals surface area contributed by atoms with Gasteiger partial charge in [0.15, 0.2) is 0 Å².